The first-order valence-electron chi connectivity index (χ1n) is 4.87. The third-order valence-electron chi connectivity index (χ3n) is 2.96. The first-order chi connectivity index (χ1) is 5.66. The second kappa shape index (κ2) is 3.88. The van der Waals surface area contributed by atoms with Gasteiger partial charge >= 0.3 is 0 Å². The Balaban J connectivity index is 2.55. The molecule has 0 bridgehead atoms. The fourth-order valence-corrected chi connectivity index (χ4v) is 1.83. The molecule has 12 heavy (non-hydrogen) atoms. The van der Waals surface area contributed by atoms with Crippen molar-refractivity contribution in [2.75, 3.05) is 0 Å². The predicted molar refractivity (Wildman–Crippen MR) is 51.0 cm³/mol. The lowest BCUT2D eigenvalue weighted by Crippen LogP contribution is -1.98. The molecule has 1 aliphatic rings. The molecule has 0 spiro atoms. The SMILES string of the molecule is CCCCC1CC(=O)C(C)=C1C. The number of carbonyl (C=O) groups is 1. The highest BCUT2D eigenvalue weighted by molar-refractivity contribution is 5.98. The van der Waals surface area contributed by atoms with E-state index in [9.17, 15) is 4.79 Å². The molecule has 1 heteroatoms. The molecule has 68 valence electrons. The summed E-state index contributed by atoms with van der Waals surface area (Å²) in [5, 5.41) is 0. The summed E-state index contributed by atoms with van der Waals surface area (Å²) < 4.78 is 0. The van der Waals surface area contributed by atoms with Crippen LogP contribution in [0.15, 0.2) is 11.1 Å². The number of hydrogen-bond donors (Lipinski definition) is 0. The van der Waals surface area contributed by atoms with E-state index in [2.05, 4.69) is 13.8 Å². The summed E-state index contributed by atoms with van der Waals surface area (Å²) in [5.41, 5.74) is 2.37. The van der Waals surface area contributed by atoms with E-state index in [-0.39, 0.29) is 0 Å². The number of rotatable bonds is 3. The monoisotopic (exact) mass is 166 g/mol. The molecule has 0 radical (unpaired) electrons. The van der Waals surface area contributed by atoms with Crippen LogP contribution in [-0.2, 0) is 4.79 Å². The minimum Gasteiger partial charge on any atom is -0.295 e. The first-order valence-corrected chi connectivity index (χ1v) is 4.87. The van der Waals surface area contributed by atoms with Crippen molar-refractivity contribution < 1.29 is 4.79 Å². The van der Waals surface area contributed by atoms with Gasteiger partial charge in [-0.3, -0.25) is 4.79 Å². The maximum absolute atomic E-state index is 11.3. The highest BCUT2D eigenvalue weighted by Crippen LogP contribution is 2.32. The summed E-state index contributed by atoms with van der Waals surface area (Å²) in [7, 11) is 0. The smallest absolute Gasteiger partial charge is 0.159 e. The van der Waals surface area contributed by atoms with Crippen LogP contribution in [0.1, 0.15) is 46.5 Å². The van der Waals surface area contributed by atoms with Crippen LogP contribution in [0.5, 0.6) is 0 Å². The molecular weight excluding hydrogens is 148 g/mol. The molecule has 0 saturated heterocycles. The summed E-state index contributed by atoms with van der Waals surface area (Å²) in [6.45, 7) is 6.27. The summed E-state index contributed by atoms with van der Waals surface area (Å²) in [5.74, 6) is 0.936. The van der Waals surface area contributed by atoms with Gasteiger partial charge in [0.1, 0.15) is 0 Å². The van der Waals surface area contributed by atoms with Crippen molar-refractivity contribution in [3.05, 3.63) is 11.1 Å². The molecular formula is C11H18O. The molecule has 1 rings (SSSR count). The van der Waals surface area contributed by atoms with Gasteiger partial charge in [-0.2, -0.15) is 0 Å². The van der Waals surface area contributed by atoms with E-state index in [1.165, 1.54) is 24.8 Å². The lowest BCUT2D eigenvalue weighted by molar-refractivity contribution is -0.115. The van der Waals surface area contributed by atoms with Gasteiger partial charge in [0.2, 0.25) is 0 Å². The topological polar surface area (TPSA) is 17.1 Å². The Morgan fingerprint density at radius 2 is 2.08 bits per heavy atom. The van der Waals surface area contributed by atoms with Crippen LogP contribution in [0.3, 0.4) is 0 Å². The zero-order valence-electron chi connectivity index (χ0n) is 8.31. The van der Waals surface area contributed by atoms with E-state index < -0.39 is 0 Å². The van der Waals surface area contributed by atoms with Gasteiger partial charge in [0, 0.05) is 6.42 Å². The van der Waals surface area contributed by atoms with Gasteiger partial charge in [-0.05, 0) is 31.8 Å². The molecule has 0 aromatic heterocycles. The minimum absolute atomic E-state index is 0.369. The molecule has 1 aliphatic carbocycles. The molecule has 0 aromatic carbocycles. The maximum Gasteiger partial charge on any atom is 0.159 e. The highest BCUT2D eigenvalue weighted by atomic mass is 16.1. The van der Waals surface area contributed by atoms with Crippen molar-refractivity contribution in [2.45, 2.75) is 46.5 Å². The van der Waals surface area contributed by atoms with Gasteiger partial charge in [0.05, 0.1) is 0 Å². The molecule has 1 nitrogen and oxygen atoms in total. The molecule has 0 heterocycles. The number of Topliss-reactive ketones (excluding diaryl/α,β-unsaturated/α-hetero) is 1. The molecule has 0 aliphatic heterocycles. The van der Waals surface area contributed by atoms with E-state index in [1.807, 2.05) is 6.92 Å². The Labute approximate surface area is 74.9 Å². The summed E-state index contributed by atoms with van der Waals surface area (Å²) in [6.07, 6.45) is 4.46. The molecule has 0 saturated carbocycles. The summed E-state index contributed by atoms with van der Waals surface area (Å²) in [4.78, 5) is 11.3. The van der Waals surface area contributed by atoms with Crippen LogP contribution in [0.4, 0.5) is 0 Å². The molecule has 0 fully saturated rings. The number of unbranched alkanes of at least 4 members (excludes halogenated alkanes) is 1. The van der Waals surface area contributed by atoms with Crippen molar-refractivity contribution in [1.82, 2.24) is 0 Å². The Hall–Kier alpha value is -0.590. The maximum atomic E-state index is 11.3. The number of hydrogen-bond acceptors (Lipinski definition) is 1. The average molecular weight is 166 g/mol. The van der Waals surface area contributed by atoms with E-state index in [1.54, 1.807) is 0 Å². The summed E-state index contributed by atoms with van der Waals surface area (Å²) in [6, 6.07) is 0. The van der Waals surface area contributed by atoms with Crippen molar-refractivity contribution in [2.24, 2.45) is 5.92 Å². The molecule has 1 atom stereocenters. The van der Waals surface area contributed by atoms with Crippen LogP contribution in [0.25, 0.3) is 0 Å². The van der Waals surface area contributed by atoms with Crippen molar-refractivity contribution in [1.29, 1.82) is 0 Å². The second-order valence-corrected chi connectivity index (χ2v) is 3.77. The van der Waals surface area contributed by atoms with Crippen LogP contribution in [0.2, 0.25) is 0 Å². The molecule has 1 unspecified atom stereocenters. The normalized spacial score (nSPS) is 23.9. The zero-order valence-corrected chi connectivity index (χ0v) is 8.31. The van der Waals surface area contributed by atoms with Crippen molar-refractivity contribution >= 4 is 5.78 Å². The number of ketones is 1. The van der Waals surface area contributed by atoms with Gasteiger partial charge in [-0.1, -0.05) is 25.3 Å². The predicted octanol–water partition coefficient (Wildman–Crippen LogP) is 3.10. The quantitative estimate of drug-likeness (QED) is 0.629. The van der Waals surface area contributed by atoms with Gasteiger partial charge in [-0.25, -0.2) is 0 Å². The number of carbonyl (C=O) groups excluding carboxylic acids is 1. The molecule has 0 aromatic rings. The molecule has 0 amide bonds. The van der Waals surface area contributed by atoms with Crippen molar-refractivity contribution in [3.8, 4) is 0 Å². The fourth-order valence-electron chi connectivity index (χ4n) is 1.83. The molecule has 0 N–H and O–H groups in total. The highest BCUT2D eigenvalue weighted by Gasteiger charge is 2.25. The van der Waals surface area contributed by atoms with Crippen LogP contribution in [0, 0.1) is 5.92 Å². The Morgan fingerprint density at radius 3 is 2.50 bits per heavy atom. The lowest BCUT2D eigenvalue weighted by Gasteiger charge is -2.08. The average Bonchev–Trinajstić information content (AvgIpc) is 2.30. The van der Waals surface area contributed by atoms with Gasteiger partial charge in [-0.15, -0.1) is 0 Å². The fraction of sp³-hybridized carbons (Fsp3) is 0.727. The summed E-state index contributed by atoms with van der Waals surface area (Å²) >= 11 is 0. The Bertz CT molecular complexity index is 213. The standard InChI is InChI=1S/C11H18O/c1-4-5-6-10-7-11(12)9(3)8(10)2/h10H,4-7H2,1-3H3. The van der Waals surface area contributed by atoms with E-state index in [0.29, 0.717) is 11.7 Å². The second-order valence-electron chi connectivity index (χ2n) is 3.77. The van der Waals surface area contributed by atoms with Crippen LogP contribution >= 0.6 is 0 Å². The Morgan fingerprint density at radius 1 is 1.42 bits per heavy atom. The van der Waals surface area contributed by atoms with E-state index >= 15 is 0 Å². The van der Waals surface area contributed by atoms with Crippen LogP contribution < -0.4 is 0 Å². The third kappa shape index (κ3) is 1.77. The van der Waals surface area contributed by atoms with Crippen molar-refractivity contribution in [3.63, 3.8) is 0 Å². The third-order valence-corrected chi connectivity index (χ3v) is 2.96. The number of allylic oxidation sites excluding steroid dienone is 2. The van der Waals surface area contributed by atoms with Gasteiger partial charge in [0.25, 0.3) is 0 Å². The lowest BCUT2D eigenvalue weighted by atomic mass is 9.96. The van der Waals surface area contributed by atoms with Crippen LogP contribution in [-0.4, -0.2) is 5.78 Å². The largest absolute Gasteiger partial charge is 0.295 e. The zero-order chi connectivity index (χ0) is 9.14. The van der Waals surface area contributed by atoms with Gasteiger partial charge < -0.3 is 0 Å². The Kier molecular flexibility index (Phi) is 3.07. The van der Waals surface area contributed by atoms with E-state index in [4.69, 9.17) is 0 Å². The van der Waals surface area contributed by atoms with Gasteiger partial charge in [0.15, 0.2) is 5.78 Å². The first kappa shape index (κ1) is 9.50. The minimum atomic E-state index is 0.369. The van der Waals surface area contributed by atoms with E-state index in [0.717, 1.165) is 12.0 Å².